The van der Waals surface area contributed by atoms with Gasteiger partial charge in [0.05, 0.1) is 40.3 Å². The van der Waals surface area contributed by atoms with Crippen LogP contribution in [0.1, 0.15) is 11.3 Å². The molecule has 0 unspecified atom stereocenters. The molecule has 1 saturated heterocycles. The van der Waals surface area contributed by atoms with Crippen molar-refractivity contribution in [3.8, 4) is 0 Å². The number of likely N-dealkylation sites (N-methyl/N-ethyl adjacent to an activating group) is 1. The topological polar surface area (TPSA) is 93.7 Å². The molecule has 2 aromatic carbocycles. The number of hydrogen-bond acceptors (Lipinski definition) is 8. The van der Waals surface area contributed by atoms with Crippen molar-refractivity contribution < 1.29 is 17.2 Å². The highest BCUT2D eigenvalue weighted by Gasteiger charge is 2.25. The molecule has 2 heterocycles. The molecule has 5 rings (SSSR count). The van der Waals surface area contributed by atoms with Crippen LogP contribution >= 0.6 is 11.6 Å². The Morgan fingerprint density at radius 2 is 1.69 bits per heavy atom. The summed E-state index contributed by atoms with van der Waals surface area (Å²) < 4.78 is 55.8. The van der Waals surface area contributed by atoms with E-state index in [1.165, 1.54) is 13.1 Å². The lowest BCUT2D eigenvalue weighted by atomic mass is 10.2. The first-order valence-corrected chi connectivity index (χ1v) is 14.5. The highest BCUT2D eigenvalue weighted by molar-refractivity contribution is 7.92. The number of para-hydroxylation sites is 2. The summed E-state index contributed by atoms with van der Waals surface area (Å²) >= 11 is 6.44. The lowest BCUT2D eigenvalue weighted by molar-refractivity contribution is 0.311. The van der Waals surface area contributed by atoms with Gasteiger partial charge in [0.15, 0.2) is 11.6 Å². The van der Waals surface area contributed by atoms with E-state index in [-0.39, 0.29) is 17.3 Å². The normalized spacial score (nSPS) is 15.6. The van der Waals surface area contributed by atoms with Gasteiger partial charge in [-0.2, -0.15) is 4.98 Å². The number of allylic oxidation sites excluding steroid dienone is 1. The number of nitrogens with one attached hydrogen (secondary N) is 2. The van der Waals surface area contributed by atoms with Gasteiger partial charge in [-0.05, 0) is 31.3 Å². The molecule has 0 saturated carbocycles. The van der Waals surface area contributed by atoms with E-state index >= 15 is 8.78 Å². The Bertz CT molecular complexity index is 1560. The Morgan fingerprint density at radius 3 is 2.41 bits per heavy atom. The first kappa shape index (κ1) is 27.1. The minimum Gasteiger partial charge on any atom is -0.367 e. The van der Waals surface area contributed by atoms with E-state index in [1.807, 2.05) is 11.9 Å². The van der Waals surface area contributed by atoms with Gasteiger partial charge in [-0.3, -0.25) is 4.31 Å². The van der Waals surface area contributed by atoms with Crippen LogP contribution in [0.15, 0.2) is 42.5 Å². The van der Waals surface area contributed by atoms with Crippen LogP contribution in [0.25, 0.3) is 5.03 Å². The van der Waals surface area contributed by atoms with E-state index in [0.29, 0.717) is 53.0 Å². The zero-order valence-electron chi connectivity index (χ0n) is 21.7. The Balaban J connectivity index is 1.47. The molecule has 0 atom stereocenters. The van der Waals surface area contributed by atoms with E-state index in [1.54, 1.807) is 36.4 Å². The van der Waals surface area contributed by atoms with E-state index in [9.17, 15) is 8.42 Å². The molecule has 0 spiro atoms. The summed E-state index contributed by atoms with van der Waals surface area (Å²) in [7, 11) is -0.0974. The SMILES string of the molecule is CN1CCN(c2ccc(Nc3nc4c(c(Nc5ccccc5N(C)S(C)(=O)=O)n3)C(Cl)=CC4)c(F)c2F)CC1. The van der Waals surface area contributed by atoms with Crippen LogP contribution in [-0.2, 0) is 16.4 Å². The van der Waals surface area contributed by atoms with Crippen molar-refractivity contribution in [3.63, 3.8) is 0 Å². The van der Waals surface area contributed by atoms with Gasteiger partial charge in [-0.1, -0.05) is 29.8 Å². The third-order valence-corrected chi connectivity index (χ3v) is 8.38. The van der Waals surface area contributed by atoms with Crippen LogP contribution in [0.5, 0.6) is 0 Å². The largest absolute Gasteiger partial charge is 0.367 e. The van der Waals surface area contributed by atoms with E-state index in [0.717, 1.165) is 23.7 Å². The molecule has 1 aliphatic heterocycles. The third-order valence-electron chi connectivity index (χ3n) is 6.84. The molecule has 2 N–H and O–H groups in total. The molecule has 1 aliphatic carbocycles. The van der Waals surface area contributed by atoms with Crippen LogP contribution < -0.4 is 19.8 Å². The van der Waals surface area contributed by atoms with Crippen molar-refractivity contribution in [2.24, 2.45) is 0 Å². The number of anilines is 6. The van der Waals surface area contributed by atoms with E-state index in [4.69, 9.17) is 11.6 Å². The highest BCUT2D eigenvalue weighted by Crippen LogP contribution is 2.39. The lowest BCUT2D eigenvalue weighted by Gasteiger charge is -2.34. The Morgan fingerprint density at radius 1 is 0.974 bits per heavy atom. The van der Waals surface area contributed by atoms with Crippen LogP contribution in [-0.4, -0.2) is 69.8 Å². The van der Waals surface area contributed by atoms with Crippen LogP contribution in [0.2, 0.25) is 0 Å². The van der Waals surface area contributed by atoms with E-state index in [2.05, 4.69) is 25.5 Å². The number of halogens is 3. The predicted octanol–water partition coefficient (Wildman–Crippen LogP) is 4.53. The van der Waals surface area contributed by atoms with Gasteiger partial charge >= 0.3 is 0 Å². The molecule has 0 amide bonds. The molecule has 0 bridgehead atoms. The fourth-order valence-corrected chi connectivity index (χ4v) is 5.34. The minimum atomic E-state index is -3.54. The molecule has 206 valence electrons. The fourth-order valence-electron chi connectivity index (χ4n) is 4.55. The molecule has 13 heteroatoms. The number of sulfonamides is 1. The van der Waals surface area contributed by atoms with Crippen LogP contribution in [0.4, 0.5) is 43.3 Å². The van der Waals surface area contributed by atoms with Gasteiger partial charge in [-0.25, -0.2) is 22.2 Å². The summed E-state index contributed by atoms with van der Waals surface area (Å²) in [6.45, 7) is 2.73. The van der Waals surface area contributed by atoms with Crippen molar-refractivity contribution in [1.29, 1.82) is 0 Å². The van der Waals surface area contributed by atoms with Crippen molar-refractivity contribution in [1.82, 2.24) is 14.9 Å². The zero-order valence-corrected chi connectivity index (χ0v) is 23.2. The molecule has 0 radical (unpaired) electrons. The molecule has 1 aromatic heterocycles. The van der Waals surface area contributed by atoms with Crippen molar-refractivity contribution in [2.45, 2.75) is 6.42 Å². The van der Waals surface area contributed by atoms with Crippen molar-refractivity contribution in [3.05, 3.63) is 65.4 Å². The van der Waals surface area contributed by atoms with Gasteiger partial charge in [0.1, 0.15) is 5.82 Å². The average Bonchev–Trinajstić information content (AvgIpc) is 3.27. The monoisotopic (exact) mass is 575 g/mol. The number of aromatic nitrogens is 2. The number of benzene rings is 2. The minimum absolute atomic E-state index is 0.0376. The second-order valence-electron chi connectivity index (χ2n) is 9.52. The summed E-state index contributed by atoms with van der Waals surface area (Å²) in [5, 5.41) is 6.40. The van der Waals surface area contributed by atoms with Crippen LogP contribution in [0, 0.1) is 11.6 Å². The third kappa shape index (κ3) is 5.49. The molecular weight excluding hydrogens is 548 g/mol. The number of hydrogen-bond donors (Lipinski definition) is 2. The quantitative estimate of drug-likeness (QED) is 0.425. The summed E-state index contributed by atoms with van der Waals surface area (Å²) in [6.07, 6.45) is 3.30. The maximum absolute atomic E-state index is 15.2. The molecule has 2 aliphatic rings. The molecule has 39 heavy (non-hydrogen) atoms. The molecule has 3 aromatic rings. The maximum Gasteiger partial charge on any atom is 0.232 e. The molecule has 1 fully saturated rings. The van der Waals surface area contributed by atoms with Gasteiger partial charge in [-0.15, -0.1) is 0 Å². The zero-order chi connectivity index (χ0) is 27.9. The van der Waals surface area contributed by atoms with E-state index < -0.39 is 21.7 Å². The molecule has 9 nitrogen and oxygen atoms in total. The summed E-state index contributed by atoms with van der Waals surface area (Å²) in [6, 6.07) is 9.85. The Labute approximate surface area is 231 Å². The van der Waals surface area contributed by atoms with Gasteiger partial charge in [0, 0.05) is 44.7 Å². The maximum atomic E-state index is 15.2. The Hall–Kier alpha value is -3.48. The second kappa shape index (κ2) is 10.6. The van der Waals surface area contributed by atoms with Crippen molar-refractivity contribution in [2.75, 3.05) is 66.4 Å². The molecular formula is C26H28ClF2N7O2S. The Kier molecular flexibility index (Phi) is 7.36. The fraction of sp³-hybridized carbons (Fsp3) is 0.308. The summed E-state index contributed by atoms with van der Waals surface area (Å²) in [5.41, 5.74) is 2.10. The van der Waals surface area contributed by atoms with Gasteiger partial charge in [0.2, 0.25) is 16.0 Å². The summed E-state index contributed by atoms with van der Waals surface area (Å²) in [4.78, 5) is 13.0. The predicted molar refractivity (Wildman–Crippen MR) is 152 cm³/mol. The van der Waals surface area contributed by atoms with Gasteiger partial charge in [0.25, 0.3) is 0 Å². The standard InChI is InChI=1S/C26H28ClF2N7O2S/c1-34-12-14-36(15-13-34)21-11-10-19(23(28)24(21)29)32-26-31-18-9-8-16(27)22(18)25(33-26)30-17-6-4-5-7-20(17)35(2)39(3,37)38/h4-8,10-11H,9,12-15H2,1-3H3,(H2,30,31,32,33). The first-order valence-electron chi connectivity index (χ1n) is 12.3. The second-order valence-corrected chi connectivity index (χ2v) is 11.9. The smallest absolute Gasteiger partial charge is 0.232 e. The lowest BCUT2D eigenvalue weighted by Crippen LogP contribution is -2.44. The van der Waals surface area contributed by atoms with Gasteiger partial charge < -0.3 is 20.4 Å². The number of nitrogens with zero attached hydrogens (tertiary/aromatic N) is 5. The summed E-state index contributed by atoms with van der Waals surface area (Å²) in [5.74, 6) is -1.63. The average molecular weight is 576 g/mol. The number of piperazine rings is 1. The van der Waals surface area contributed by atoms with Crippen molar-refractivity contribution >= 4 is 61.2 Å². The highest BCUT2D eigenvalue weighted by atomic mass is 35.5. The first-order chi connectivity index (χ1) is 18.5. The number of rotatable bonds is 7. The number of fused-ring (bicyclic) bond motifs is 1. The van der Waals surface area contributed by atoms with Crippen LogP contribution in [0.3, 0.4) is 0 Å².